The van der Waals surface area contributed by atoms with Gasteiger partial charge in [0.15, 0.2) is 5.78 Å². The molecule has 5 heteroatoms. The molecule has 20 heavy (non-hydrogen) atoms. The molecule has 0 fully saturated rings. The first-order chi connectivity index (χ1) is 9.39. The van der Waals surface area contributed by atoms with Crippen LogP contribution in [0, 0.1) is 5.92 Å². The SMILES string of the molecule is O=C(/C=C/C1C(O)=CC(O)(O)C=C1O)c1ccccc1. The average Bonchev–Trinajstić information content (AvgIpc) is 2.37. The molecule has 0 heterocycles. The second-order valence-corrected chi connectivity index (χ2v) is 4.49. The molecule has 0 aliphatic heterocycles. The Morgan fingerprint density at radius 3 is 2.15 bits per heavy atom. The summed E-state index contributed by atoms with van der Waals surface area (Å²) in [5, 5.41) is 37.8. The van der Waals surface area contributed by atoms with Crippen LogP contribution < -0.4 is 0 Å². The number of aliphatic hydroxyl groups is 4. The zero-order chi connectivity index (χ0) is 14.8. The molecule has 1 aliphatic carbocycles. The van der Waals surface area contributed by atoms with Crippen LogP contribution in [0.4, 0.5) is 0 Å². The Kier molecular flexibility index (Phi) is 3.74. The minimum atomic E-state index is -2.39. The molecule has 0 atom stereocenters. The number of hydrogen-bond acceptors (Lipinski definition) is 5. The second-order valence-electron chi connectivity index (χ2n) is 4.49. The Bertz CT molecular complexity index is 574. The van der Waals surface area contributed by atoms with E-state index in [4.69, 9.17) is 0 Å². The molecule has 0 saturated heterocycles. The van der Waals surface area contributed by atoms with Gasteiger partial charge in [0.25, 0.3) is 0 Å². The van der Waals surface area contributed by atoms with Gasteiger partial charge in [-0.3, -0.25) is 4.79 Å². The highest BCUT2D eigenvalue weighted by atomic mass is 16.5. The molecule has 0 bridgehead atoms. The molecule has 0 unspecified atom stereocenters. The van der Waals surface area contributed by atoms with Crippen molar-refractivity contribution in [3.05, 3.63) is 71.7 Å². The van der Waals surface area contributed by atoms with E-state index < -0.39 is 23.2 Å². The molecule has 5 nitrogen and oxygen atoms in total. The van der Waals surface area contributed by atoms with Crippen LogP contribution in [-0.2, 0) is 0 Å². The monoisotopic (exact) mass is 274 g/mol. The zero-order valence-corrected chi connectivity index (χ0v) is 10.5. The molecule has 2 rings (SSSR count). The lowest BCUT2D eigenvalue weighted by Crippen LogP contribution is -2.29. The highest BCUT2D eigenvalue weighted by Gasteiger charge is 2.30. The number of ketones is 1. The first-order valence-corrected chi connectivity index (χ1v) is 5.95. The van der Waals surface area contributed by atoms with E-state index in [9.17, 15) is 25.2 Å². The van der Waals surface area contributed by atoms with Crippen LogP contribution in [0.5, 0.6) is 0 Å². The zero-order valence-electron chi connectivity index (χ0n) is 10.5. The summed E-state index contributed by atoms with van der Waals surface area (Å²) in [6, 6.07) is 8.52. The quantitative estimate of drug-likeness (QED) is 0.381. The molecular formula is C15H14O5. The molecule has 0 saturated carbocycles. The van der Waals surface area contributed by atoms with Crippen molar-refractivity contribution >= 4 is 5.78 Å². The van der Waals surface area contributed by atoms with Crippen molar-refractivity contribution in [2.24, 2.45) is 5.92 Å². The van der Waals surface area contributed by atoms with Crippen LogP contribution >= 0.6 is 0 Å². The summed E-state index contributed by atoms with van der Waals surface area (Å²) in [5.41, 5.74) is 0.477. The Labute approximate surface area is 115 Å². The molecule has 0 amide bonds. The summed E-state index contributed by atoms with van der Waals surface area (Å²) in [6.45, 7) is 0. The Morgan fingerprint density at radius 1 is 1.05 bits per heavy atom. The lowest BCUT2D eigenvalue weighted by atomic mass is 9.94. The normalized spacial score (nSPS) is 18.7. The van der Waals surface area contributed by atoms with Crippen molar-refractivity contribution in [2.75, 3.05) is 0 Å². The largest absolute Gasteiger partial charge is 0.511 e. The molecule has 1 aromatic carbocycles. The standard InChI is InChI=1S/C15H14O5/c16-12(10-4-2-1-3-5-10)7-6-11-13(17)8-15(19,20)9-14(11)18/h1-9,11,17-20H/b7-6+. The maximum absolute atomic E-state index is 11.8. The van der Waals surface area contributed by atoms with E-state index in [-0.39, 0.29) is 5.78 Å². The predicted octanol–water partition coefficient (Wildman–Crippen LogP) is 1.62. The van der Waals surface area contributed by atoms with E-state index in [1.54, 1.807) is 30.3 Å². The lowest BCUT2D eigenvalue weighted by molar-refractivity contribution is -0.0816. The Morgan fingerprint density at radius 2 is 1.60 bits per heavy atom. The number of aliphatic hydroxyl groups excluding tert-OH is 2. The maximum atomic E-state index is 11.8. The topological polar surface area (TPSA) is 98.0 Å². The number of allylic oxidation sites excluding steroid dienone is 1. The molecule has 0 spiro atoms. The van der Waals surface area contributed by atoms with Crippen LogP contribution in [-0.4, -0.2) is 32.0 Å². The minimum Gasteiger partial charge on any atom is -0.511 e. The van der Waals surface area contributed by atoms with Gasteiger partial charge in [-0.25, -0.2) is 0 Å². The number of hydrogen-bond donors (Lipinski definition) is 4. The van der Waals surface area contributed by atoms with Crippen LogP contribution in [0.1, 0.15) is 10.4 Å². The molecule has 0 aromatic heterocycles. The van der Waals surface area contributed by atoms with Gasteiger partial charge in [-0.2, -0.15) is 0 Å². The third-order valence-electron chi connectivity index (χ3n) is 2.86. The van der Waals surface area contributed by atoms with Gasteiger partial charge in [0.2, 0.25) is 5.79 Å². The van der Waals surface area contributed by atoms with Gasteiger partial charge >= 0.3 is 0 Å². The fraction of sp³-hybridized carbons (Fsp3) is 0.133. The second kappa shape index (κ2) is 5.32. The predicted molar refractivity (Wildman–Crippen MR) is 72.0 cm³/mol. The lowest BCUT2D eigenvalue weighted by Gasteiger charge is -2.23. The van der Waals surface area contributed by atoms with Crippen molar-refractivity contribution in [1.82, 2.24) is 0 Å². The number of carbonyl (C=O) groups is 1. The summed E-state index contributed by atoms with van der Waals surface area (Å²) in [6.07, 6.45) is 4.08. The summed E-state index contributed by atoms with van der Waals surface area (Å²) in [5.74, 6) is -4.51. The minimum absolute atomic E-state index is 0.281. The van der Waals surface area contributed by atoms with Crippen LogP contribution in [0.3, 0.4) is 0 Å². The molecule has 1 aliphatic rings. The van der Waals surface area contributed by atoms with E-state index in [0.717, 1.165) is 12.2 Å². The summed E-state index contributed by atoms with van der Waals surface area (Å²) in [7, 11) is 0. The van der Waals surface area contributed by atoms with Crippen molar-refractivity contribution in [2.45, 2.75) is 5.79 Å². The van der Waals surface area contributed by atoms with Gasteiger partial charge in [-0.05, 0) is 6.08 Å². The number of carbonyl (C=O) groups excluding carboxylic acids is 1. The molecule has 4 N–H and O–H groups in total. The first kappa shape index (κ1) is 14.0. The third-order valence-corrected chi connectivity index (χ3v) is 2.86. The van der Waals surface area contributed by atoms with E-state index in [0.29, 0.717) is 5.56 Å². The van der Waals surface area contributed by atoms with E-state index >= 15 is 0 Å². The van der Waals surface area contributed by atoms with Crippen LogP contribution in [0.2, 0.25) is 0 Å². The fourth-order valence-electron chi connectivity index (χ4n) is 1.89. The Hall–Kier alpha value is -2.37. The highest BCUT2D eigenvalue weighted by molar-refractivity contribution is 6.04. The highest BCUT2D eigenvalue weighted by Crippen LogP contribution is 2.27. The summed E-state index contributed by atoms with van der Waals surface area (Å²) in [4.78, 5) is 11.8. The number of rotatable bonds is 3. The molecule has 1 aromatic rings. The molecule has 0 radical (unpaired) electrons. The fourth-order valence-corrected chi connectivity index (χ4v) is 1.89. The van der Waals surface area contributed by atoms with Gasteiger partial charge in [-0.1, -0.05) is 36.4 Å². The molecule has 104 valence electrons. The summed E-state index contributed by atoms with van der Waals surface area (Å²) >= 11 is 0. The molecular weight excluding hydrogens is 260 g/mol. The van der Waals surface area contributed by atoms with E-state index in [1.807, 2.05) is 0 Å². The Balaban J connectivity index is 2.17. The maximum Gasteiger partial charge on any atom is 0.210 e. The van der Waals surface area contributed by atoms with Crippen molar-refractivity contribution in [3.8, 4) is 0 Å². The van der Waals surface area contributed by atoms with Crippen LogP contribution in [0.25, 0.3) is 0 Å². The first-order valence-electron chi connectivity index (χ1n) is 5.95. The van der Waals surface area contributed by atoms with E-state index in [2.05, 4.69) is 0 Å². The average molecular weight is 274 g/mol. The smallest absolute Gasteiger partial charge is 0.210 e. The third kappa shape index (κ3) is 3.14. The summed E-state index contributed by atoms with van der Waals surface area (Å²) < 4.78 is 0. The van der Waals surface area contributed by atoms with Crippen molar-refractivity contribution < 1.29 is 25.2 Å². The van der Waals surface area contributed by atoms with Gasteiger partial charge in [0.05, 0.1) is 5.92 Å². The van der Waals surface area contributed by atoms with Gasteiger partial charge in [-0.15, -0.1) is 0 Å². The number of benzene rings is 1. The van der Waals surface area contributed by atoms with Gasteiger partial charge in [0, 0.05) is 17.7 Å². The van der Waals surface area contributed by atoms with Crippen molar-refractivity contribution in [1.29, 1.82) is 0 Å². The van der Waals surface area contributed by atoms with Crippen molar-refractivity contribution in [3.63, 3.8) is 0 Å². The van der Waals surface area contributed by atoms with E-state index in [1.165, 1.54) is 12.2 Å². The van der Waals surface area contributed by atoms with Gasteiger partial charge in [0.1, 0.15) is 11.5 Å². The van der Waals surface area contributed by atoms with Gasteiger partial charge < -0.3 is 20.4 Å². The van der Waals surface area contributed by atoms with Crippen LogP contribution in [0.15, 0.2) is 66.2 Å².